The summed E-state index contributed by atoms with van der Waals surface area (Å²) in [5.74, 6) is 0.216. The van der Waals surface area contributed by atoms with Crippen LogP contribution in [0.3, 0.4) is 0 Å². The van der Waals surface area contributed by atoms with Crippen molar-refractivity contribution < 1.29 is 31.4 Å². The second kappa shape index (κ2) is 8.95. The molecule has 0 amide bonds. The first kappa shape index (κ1) is 23.8. The summed E-state index contributed by atoms with van der Waals surface area (Å²) < 4.78 is 77.6. The number of aryl methyl sites for hydroxylation is 1. The van der Waals surface area contributed by atoms with Gasteiger partial charge in [-0.05, 0) is 36.8 Å². The molecular weight excluding hydrogens is 460 g/mol. The molecule has 1 atom stereocenters. The first-order valence-corrected chi connectivity index (χ1v) is 9.52. The Balaban J connectivity index is 1.76. The second-order valence-corrected chi connectivity index (χ2v) is 7.41. The lowest BCUT2D eigenvalue weighted by Crippen LogP contribution is -2.15. The molecule has 0 saturated carbocycles. The minimum atomic E-state index is -4.59. The van der Waals surface area contributed by atoms with Crippen molar-refractivity contribution in [2.75, 3.05) is 11.9 Å². The van der Waals surface area contributed by atoms with Crippen LogP contribution in [0.5, 0.6) is 0 Å². The lowest BCUT2D eigenvalue weighted by Gasteiger charge is -2.16. The van der Waals surface area contributed by atoms with Crippen molar-refractivity contribution in [3.63, 3.8) is 0 Å². The van der Waals surface area contributed by atoms with Crippen LogP contribution in [0.1, 0.15) is 28.4 Å². The molecule has 2 aromatic carbocycles. The summed E-state index contributed by atoms with van der Waals surface area (Å²) in [4.78, 5) is 7.96. The van der Waals surface area contributed by atoms with Crippen LogP contribution in [0, 0.1) is 6.92 Å². The van der Waals surface area contributed by atoms with Gasteiger partial charge in [0.1, 0.15) is 12.1 Å². The van der Waals surface area contributed by atoms with E-state index in [2.05, 4.69) is 15.3 Å². The van der Waals surface area contributed by atoms with Crippen molar-refractivity contribution >= 4 is 17.4 Å². The number of nitrogens with zero attached hydrogens (tertiary/aromatic N) is 2. The van der Waals surface area contributed by atoms with E-state index in [1.54, 1.807) is 0 Å². The highest BCUT2D eigenvalue weighted by Crippen LogP contribution is 2.37. The van der Waals surface area contributed by atoms with E-state index in [-0.39, 0.29) is 23.6 Å². The highest BCUT2D eigenvalue weighted by Gasteiger charge is 2.33. The van der Waals surface area contributed by atoms with E-state index in [4.69, 9.17) is 11.6 Å². The van der Waals surface area contributed by atoms with Crippen LogP contribution in [0.15, 0.2) is 48.8 Å². The molecule has 1 unspecified atom stereocenters. The van der Waals surface area contributed by atoms with E-state index >= 15 is 0 Å². The predicted octanol–water partition coefficient (Wildman–Crippen LogP) is 6.29. The predicted molar refractivity (Wildman–Crippen MR) is 107 cm³/mol. The van der Waals surface area contributed by atoms with E-state index in [1.807, 2.05) is 0 Å². The molecule has 0 aliphatic heterocycles. The van der Waals surface area contributed by atoms with Crippen LogP contribution in [-0.2, 0) is 12.4 Å². The Labute approximate surface area is 183 Å². The molecule has 32 heavy (non-hydrogen) atoms. The Morgan fingerprint density at radius 3 is 2.31 bits per heavy atom. The zero-order chi connectivity index (χ0) is 23.7. The van der Waals surface area contributed by atoms with Crippen LogP contribution in [0.4, 0.5) is 32.2 Å². The average molecular weight is 476 g/mol. The van der Waals surface area contributed by atoms with Gasteiger partial charge in [0, 0.05) is 18.2 Å². The Bertz CT molecular complexity index is 1120. The Kier molecular flexibility index (Phi) is 6.66. The Hall–Kier alpha value is -2.85. The normalized spacial score (nSPS) is 13.2. The minimum absolute atomic E-state index is 0.0774. The minimum Gasteiger partial charge on any atom is -0.387 e. The molecule has 0 aliphatic rings. The van der Waals surface area contributed by atoms with Crippen LogP contribution < -0.4 is 5.32 Å². The number of alkyl halides is 6. The number of aliphatic hydroxyl groups is 1. The molecule has 11 heteroatoms. The first-order chi connectivity index (χ1) is 14.8. The monoisotopic (exact) mass is 475 g/mol. The molecular formula is C21H16ClF6N3O. The van der Waals surface area contributed by atoms with Crippen molar-refractivity contribution in [2.24, 2.45) is 0 Å². The molecule has 0 radical (unpaired) electrons. The quantitative estimate of drug-likeness (QED) is 0.426. The summed E-state index contributed by atoms with van der Waals surface area (Å²) in [6, 6.07) is 7.88. The summed E-state index contributed by atoms with van der Waals surface area (Å²) in [5, 5.41) is 12.6. The summed E-state index contributed by atoms with van der Waals surface area (Å²) >= 11 is 5.74. The maximum absolute atomic E-state index is 13.0. The summed E-state index contributed by atoms with van der Waals surface area (Å²) in [6.45, 7) is 1.33. The number of hydrogen-bond acceptors (Lipinski definition) is 4. The van der Waals surface area contributed by atoms with E-state index in [0.29, 0.717) is 11.1 Å². The molecule has 0 bridgehead atoms. The fraction of sp³-hybridized carbons (Fsp3) is 0.238. The van der Waals surface area contributed by atoms with Gasteiger partial charge in [-0.3, -0.25) is 0 Å². The van der Waals surface area contributed by atoms with Gasteiger partial charge >= 0.3 is 12.4 Å². The Morgan fingerprint density at radius 2 is 1.69 bits per heavy atom. The van der Waals surface area contributed by atoms with Gasteiger partial charge in [-0.15, -0.1) is 0 Å². The molecule has 1 aromatic heterocycles. The van der Waals surface area contributed by atoms with E-state index < -0.39 is 34.6 Å². The van der Waals surface area contributed by atoms with Gasteiger partial charge in [0.05, 0.1) is 27.9 Å². The van der Waals surface area contributed by atoms with Crippen LogP contribution in [0.2, 0.25) is 5.02 Å². The number of aromatic nitrogens is 2. The molecule has 0 aliphatic carbocycles. The summed E-state index contributed by atoms with van der Waals surface area (Å²) in [6.07, 6.45) is -9.25. The van der Waals surface area contributed by atoms with Gasteiger partial charge in [0.25, 0.3) is 0 Å². The van der Waals surface area contributed by atoms with Crippen molar-refractivity contribution in [2.45, 2.75) is 25.4 Å². The Morgan fingerprint density at radius 1 is 0.969 bits per heavy atom. The lowest BCUT2D eigenvalue weighted by atomic mass is 10.0. The largest absolute Gasteiger partial charge is 0.417 e. The molecule has 0 spiro atoms. The number of halogens is 7. The fourth-order valence-corrected chi connectivity index (χ4v) is 3.29. The third kappa shape index (κ3) is 5.68. The van der Waals surface area contributed by atoms with Crippen LogP contribution in [0.25, 0.3) is 11.3 Å². The number of anilines is 1. The van der Waals surface area contributed by atoms with Gasteiger partial charge in [-0.2, -0.15) is 26.3 Å². The second-order valence-electron chi connectivity index (χ2n) is 7.01. The third-order valence-electron chi connectivity index (χ3n) is 4.53. The number of rotatable bonds is 5. The smallest absolute Gasteiger partial charge is 0.387 e. The number of nitrogens with one attached hydrogen (secondary N) is 1. The van der Waals surface area contributed by atoms with Crippen molar-refractivity contribution in [3.05, 3.63) is 76.1 Å². The van der Waals surface area contributed by atoms with Crippen LogP contribution >= 0.6 is 11.6 Å². The first-order valence-electron chi connectivity index (χ1n) is 9.14. The fourth-order valence-electron chi connectivity index (χ4n) is 3.00. The van der Waals surface area contributed by atoms with E-state index in [0.717, 1.165) is 30.6 Å². The van der Waals surface area contributed by atoms with E-state index in [1.165, 1.54) is 25.1 Å². The average Bonchev–Trinajstić information content (AvgIpc) is 2.70. The van der Waals surface area contributed by atoms with Crippen molar-refractivity contribution in [1.29, 1.82) is 0 Å². The topological polar surface area (TPSA) is 58.0 Å². The highest BCUT2D eigenvalue weighted by molar-refractivity contribution is 6.31. The van der Waals surface area contributed by atoms with Gasteiger partial charge in [-0.25, -0.2) is 9.97 Å². The molecule has 0 fully saturated rings. The number of aliphatic hydroxyl groups excluding tert-OH is 1. The van der Waals surface area contributed by atoms with Crippen LogP contribution in [-0.4, -0.2) is 21.6 Å². The van der Waals surface area contributed by atoms with E-state index in [9.17, 15) is 31.4 Å². The standard InChI is InChI=1S/C21H16ClF6N3O/c1-11-4-13(6-14(5-11)20(23,24)25)18(32)9-29-19-8-17(30-10-31-19)12-2-3-15(16(22)7-12)21(26,27)28/h2-8,10,18,32H,9H2,1H3,(H,29,30,31). The van der Waals surface area contributed by atoms with Crippen molar-refractivity contribution in [3.8, 4) is 11.3 Å². The highest BCUT2D eigenvalue weighted by atomic mass is 35.5. The molecule has 3 rings (SSSR count). The van der Waals surface area contributed by atoms with Gasteiger partial charge in [0.15, 0.2) is 0 Å². The maximum Gasteiger partial charge on any atom is 0.417 e. The van der Waals surface area contributed by atoms with Gasteiger partial charge in [0.2, 0.25) is 0 Å². The summed E-state index contributed by atoms with van der Waals surface area (Å²) in [7, 11) is 0. The molecule has 4 nitrogen and oxygen atoms in total. The van der Waals surface area contributed by atoms with Gasteiger partial charge in [-0.1, -0.05) is 29.3 Å². The van der Waals surface area contributed by atoms with Gasteiger partial charge < -0.3 is 10.4 Å². The molecule has 3 aromatic rings. The lowest BCUT2D eigenvalue weighted by molar-refractivity contribution is -0.138. The zero-order valence-corrected chi connectivity index (χ0v) is 17.1. The molecule has 1 heterocycles. The zero-order valence-electron chi connectivity index (χ0n) is 16.4. The molecule has 2 N–H and O–H groups in total. The molecule has 170 valence electrons. The maximum atomic E-state index is 13.0. The third-order valence-corrected chi connectivity index (χ3v) is 4.84. The SMILES string of the molecule is Cc1cc(C(O)CNc2cc(-c3ccc(C(F)(F)F)c(Cl)c3)ncn2)cc(C(F)(F)F)c1. The number of hydrogen-bond donors (Lipinski definition) is 2. The number of benzene rings is 2. The molecule has 0 saturated heterocycles. The summed E-state index contributed by atoms with van der Waals surface area (Å²) in [5.41, 5.74) is -0.846. The van der Waals surface area contributed by atoms with Crippen molar-refractivity contribution in [1.82, 2.24) is 9.97 Å².